The molecule has 0 unspecified atom stereocenters. The van der Waals surface area contributed by atoms with Crippen LogP contribution in [0.25, 0.3) is 0 Å². The Labute approximate surface area is 128 Å². The van der Waals surface area contributed by atoms with Gasteiger partial charge in [-0.05, 0) is 30.3 Å². The number of rotatable bonds is 4. The van der Waals surface area contributed by atoms with Crippen LogP contribution in [-0.2, 0) is 6.54 Å². The molecule has 1 heterocycles. The molecule has 0 fully saturated rings. The second-order valence-electron chi connectivity index (χ2n) is 4.75. The number of hydrogen-bond donors (Lipinski definition) is 2. The fraction of sp³-hybridized carbons (Fsp3) is 0.200. The van der Waals surface area contributed by atoms with E-state index in [4.69, 9.17) is 11.6 Å². The maximum atomic E-state index is 12.1. The normalized spacial score (nSPS) is 10.2. The van der Waals surface area contributed by atoms with E-state index in [9.17, 15) is 9.90 Å². The third-order valence-corrected chi connectivity index (χ3v) is 3.12. The van der Waals surface area contributed by atoms with Crippen LogP contribution in [0.5, 0.6) is 5.75 Å². The Kier molecular flexibility index (Phi) is 4.65. The topological polar surface area (TPSA) is 65.5 Å². The number of aromatic hydroxyl groups is 1. The number of carbonyl (C=O) groups is 1. The van der Waals surface area contributed by atoms with Crippen LogP contribution in [0, 0.1) is 0 Å². The van der Waals surface area contributed by atoms with Crippen LogP contribution in [0.1, 0.15) is 16.1 Å². The van der Waals surface area contributed by atoms with E-state index >= 15 is 0 Å². The summed E-state index contributed by atoms with van der Waals surface area (Å²) in [5, 5.41) is 12.9. The van der Waals surface area contributed by atoms with E-state index in [1.165, 1.54) is 11.1 Å². The lowest BCUT2D eigenvalue weighted by Gasteiger charge is -2.15. The zero-order valence-electron chi connectivity index (χ0n) is 11.8. The van der Waals surface area contributed by atoms with Crippen LogP contribution in [0.3, 0.4) is 0 Å². The summed E-state index contributed by atoms with van der Waals surface area (Å²) in [4.78, 5) is 17.7. The first-order chi connectivity index (χ1) is 9.97. The molecular weight excluding hydrogens is 290 g/mol. The van der Waals surface area contributed by atoms with Crippen molar-refractivity contribution in [1.29, 1.82) is 0 Å². The van der Waals surface area contributed by atoms with E-state index in [-0.39, 0.29) is 11.7 Å². The molecule has 1 amide bonds. The van der Waals surface area contributed by atoms with Gasteiger partial charge in [-0.1, -0.05) is 11.6 Å². The number of pyridine rings is 1. The van der Waals surface area contributed by atoms with Crippen LogP contribution in [-0.4, -0.2) is 35.0 Å². The first-order valence-corrected chi connectivity index (χ1v) is 6.74. The quantitative estimate of drug-likeness (QED) is 0.911. The van der Waals surface area contributed by atoms with Crippen molar-refractivity contribution >= 4 is 23.2 Å². The van der Waals surface area contributed by atoms with Gasteiger partial charge in [-0.15, -0.1) is 0 Å². The minimum Gasteiger partial charge on any atom is -0.506 e. The van der Waals surface area contributed by atoms with Crippen molar-refractivity contribution in [3.05, 3.63) is 52.8 Å². The fourth-order valence-electron chi connectivity index (χ4n) is 1.80. The molecule has 0 saturated carbocycles. The number of carbonyl (C=O) groups excluding carboxylic acids is 1. The Morgan fingerprint density at radius 3 is 2.71 bits per heavy atom. The molecule has 110 valence electrons. The highest BCUT2D eigenvalue weighted by atomic mass is 35.5. The molecule has 2 rings (SSSR count). The lowest BCUT2D eigenvalue weighted by atomic mass is 10.1. The van der Waals surface area contributed by atoms with E-state index < -0.39 is 0 Å². The average Bonchev–Trinajstić information content (AvgIpc) is 2.46. The molecule has 21 heavy (non-hydrogen) atoms. The number of anilines is 1. The maximum absolute atomic E-state index is 12.1. The highest BCUT2D eigenvalue weighted by Crippen LogP contribution is 2.22. The summed E-state index contributed by atoms with van der Waals surface area (Å²) in [5.74, 6) is 0.0119. The highest BCUT2D eigenvalue weighted by molar-refractivity contribution is 6.31. The number of nitrogens with zero attached hydrogens (tertiary/aromatic N) is 2. The first kappa shape index (κ1) is 15.1. The summed E-state index contributed by atoms with van der Waals surface area (Å²) >= 11 is 5.99. The smallest absolute Gasteiger partial charge is 0.255 e. The van der Waals surface area contributed by atoms with Gasteiger partial charge in [0.05, 0.1) is 24.0 Å². The predicted octanol–water partition coefficient (Wildman–Crippen LogP) is 2.75. The van der Waals surface area contributed by atoms with Crippen molar-refractivity contribution < 1.29 is 9.90 Å². The molecule has 0 aliphatic carbocycles. The van der Waals surface area contributed by atoms with E-state index in [2.05, 4.69) is 10.3 Å². The molecule has 6 heteroatoms. The maximum Gasteiger partial charge on any atom is 0.255 e. The van der Waals surface area contributed by atoms with Gasteiger partial charge in [0.1, 0.15) is 5.75 Å². The Balaban J connectivity index is 2.20. The van der Waals surface area contributed by atoms with Gasteiger partial charge in [0.2, 0.25) is 0 Å². The molecule has 2 N–H and O–H groups in total. The van der Waals surface area contributed by atoms with Gasteiger partial charge in [0.15, 0.2) is 0 Å². The molecule has 2 aromatic rings. The first-order valence-electron chi connectivity index (χ1n) is 6.36. The minimum atomic E-state index is -0.104. The van der Waals surface area contributed by atoms with E-state index in [0.717, 1.165) is 5.69 Å². The summed E-state index contributed by atoms with van der Waals surface area (Å²) in [6.07, 6.45) is 1.38. The Morgan fingerprint density at radius 1 is 1.33 bits per heavy atom. The Hall–Kier alpha value is -2.27. The van der Waals surface area contributed by atoms with Gasteiger partial charge in [-0.2, -0.15) is 0 Å². The zero-order chi connectivity index (χ0) is 15.4. The number of benzene rings is 1. The number of nitrogens with one attached hydrogen (secondary N) is 1. The number of hydrogen-bond acceptors (Lipinski definition) is 4. The third-order valence-electron chi connectivity index (χ3n) is 2.89. The molecule has 0 saturated heterocycles. The molecule has 0 radical (unpaired) electrons. The Bertz CT molecular complexity index is 642. The lowest BCUT2D eigenvalue weighted by Crippen LogP contribution is -2.23. The molecule has 0 atom stereocenters. The number of halogens is 1. The molecule has 1 aromatic heterocycles. The predicted molar refractivity (Wildman–Crippen MR) is 82.7 cm³/mol. The van der Waals surface area contributed by atoms with E-state index in [1.54, 1.807) is 44.4 Å². The van der Waals surface area contributed by atoms with Gasteiger partial charge < -0.3 is 15.3 Å². The third kappa shape index (κ3) is 3.86. The van der Waals surface area contributed by atoms with Gasteiger partial charge in [0.25, 0.3) is 5.91 Å². The monoisotopic (exact) mass is 305 g/mol. The van der Waals surface area contributed by atoms with Crippen LogP contribution in [0.2, 0.25) is 5.02 Å². The summed E-state index contributed by atoms with van der Waals surface area (Å²) in [7, 11) is 3.39. The Morgan fingerprint density at radius 2 is 2.10 bits per heavy atom. The van der Waals surface area contributed by atoms with E-state index in [0.29, 0.717) is 22.8 Å². The van der Waals surface area contributed by atoms with Crippen molar-refractivity contribution in [2.75, 3.05) is 19.4 Å². The van der Waals surface area contributed by atoms with Crippen molar-refractivity contribution in [2.24, 2.45) is 0 Å². The summed E-state index contributed by atoms with van der Waals surface area (Å²) in [6.45, 7) is 0.425. The van der Waals surface area contributed by atoms with E-state index in [1.807, 2.05) is 0 Å². The highest BCUT2D eigenvalue weighted by Gasteiger charge is 2.13. The SMILES string of the molecule is CN(C)C(=O)c1ccc(Cl)cc1NCc1ccc(O)cn1. The van der Waals surface area contributed by atoms with Gasteiger partial charge >= 0.3 is 0 Å². The second kappa shape index (κ2) is 6.45. The molecular formula is C15H16ClN3O2. The molecule has 0 aliphatic rings. The van der Waals surface area contributed by atoms with Gasteiger partial charge in [-0.3, -0.25) is 9.78 Å². The fourth-order valence-corrected chi connectivity index (χ4v) is 1.97. The largest absolute Gasteiger partial charge is 0.506 e. The van der Waals surface area contributed by atoms with Crippen molar-refractivity contribution in [3.8, 4) is 5.75 Å². The van der Waals surface area contributed by atoms with Crippen molar-refractivity contribution in [2.45, 2.75) is 6.54 Å². The van der Waals surface area contributed by atoms with Crippen LogP contribution >= 0.6 is 11.6 Å². The number of aromatic nitrogens is 1. The molecule has 0 aliphatic heterocycles. The van der Waals surface area contributed by atoms with Crippen molar-refractivity contribution in [1.82, 2.24) is 9.88 Å². The van der Waals surface area contributed by atoms with Crippen molar-refractivity contribution in [3.63, 3.8) is 0 Å². The average molecular weight is 306 g/mol. The van der Waals surface area contributed by atoms with Gasteiger partial charge in [-0.25, -0.2) is 0 Å². The standard InChI is InChI=1S/C15H16ClN3O2/c1-19(2)15(21)13-6-3-10(16)7-14(13)18-8-11-4-5-12(20)9-17-11/h3-7,9,18,20H,8H2,1-2H3. The second-order valence-corrected chi connectivity index (χ2v) is 5.19. The van der Waals surface area contributed by atoms with Gasteiger partial charge in [0, 0.05) is 24.8 Å². The van der Waals surface area contributed by atoms with Crippen LogP contribution in [0.4, 0.5) is 5.69 Å². The lowest BCUT2D eigenvalue weighted by molar-refractivity contribution is 0.0828. The number of amides is 1. The summed E-state index contributed by atoms with van der Waals surface area (Å²) < 4.78 is 0. The summed E-state index contributed by atoms with van der Waals surface area (Å²) in [6, 6.07) is 8.35. The summed E-state index contributed by atoms with van der Waals surface area (Å²) in [5.41, 5.74) is 1.94. The van der Waals surface area contributed by atoms with Crippen LogP contribution in [0.15, 0.2) is 36.5 Å². The minimum absolute atomic E-state index is 0.104. The zero-order valence-corrected chi connectivity index (χ0v) is 12.6. The molecule has 5 nitrogen and oxygen atoms in total. The molecule has 1 aromatic carbocycles. The molecule has 0 bridgehead atoms. The van der Waals surface area contributed by atoms with Crippen LogP contribution < -0.4 is 5.32 Å². The molecule has 0 spiro atoms.